The zero-order chi connectivity index (χ0) is 14.0. The van der Waals surface area contributed by atoms with E-state index in [2.05, 4.69) is 21.2 Å². The third-order valence-corrected chi connectivity index (χ3v) is 3.60. The Labute approximate surface area is 124 Å². The van der Waals surface area contributed by atoms with Gasteiger partial charge in [0.15, 0.2) is 0 Å². The van der Waals surface area contributed by atoms with E-state index in [-0.39, 0.29) is 5.82 Å². The Balaban J connectivity index is 2.34. The van der Waals surface area contributed by atoms with Crippen molar-refractivity contribution in [1.29, 1.82) is 0 Å². The molecule has 0 atom stereocenters. The average molecular weight is 339 g/mol. The number of hydrogen-bond donors (Lipinski definition) is 2. The number of hydrogen-bond acceptors (Lipinski definition) is 2. The zero-order valence-electron chi connectivity index (χ0n) is 10.2. The van der Waals surface area contributed by atoms with Gasteiger partial charge in [0.1, 0.15) is 10.8 Å². The summed E-state index contributed by atoms with van der Waals surface area (Å²) in [5.74, 6) is -0.314. The van der Waals surface area contributed by atoms with Crippen LogP contribution in [0.1, 0.15) is 11.1 Å². The van der Waals surface area contributed by atoms with Crippen LogP contribution < -0.4 is 11.1 Å². The molecule has 0 amide bonds. The quantitative estimate of drug-likeness (QED) is 0.820. The van der Waals surface area contributed by atoms with E-state index in [0.717, 1.165) is 16.8 Å². The van der Waals surface area contributed by atoms with Gasteiger partial charge in [0.2, 0.25) is 0 Å². The average Bonchev–Trinajstić information content (AvgIpc) is 2.33. The summed E-state index contributed by atoms with van der Waals surface area (Å²) in [6, 6.07) is 10.4. The number of benzene rings is 2. The number of halogens is 2. The van der Waals surface area contributed by atoms with Crippen LogP contribution in [0.15, 0.2) is 40.9 Å². The number of thiocarbonyl (C=S) groups is 1. The smallest absolute Gasteiger partial charge is 0.147 e. The van der Waals surface area contributed by atoms with Crippen molar-refractivity contribution in [2.45, 2.75) is 6.92 Å². The largest absolute Gasteiger partial charge is 0.389 e. The second kappa shape index (κ2) is 5.67. The van der Waals surface area contributed by atoms with Crippen LogP contribution in [0, 0.1) is 12.7 Å². The monoisotopic (exact) mass is 338 g/mol. The van der Waals surface area contributed by atoms with E-state index in [0.29, 0.717) is 15.1 Å². The predicted molar refractivity (Wildman–Crippen MR) is 84.4 cm³/mol. The van der Waals surface area contributed by atoms with Crippen molar-refractivity contribution in [2.75, 3.05) is 5.32 Å². The highest BCUT2D eigenvalue weighted by Crippen LogP contribution is 2.29. The van der Waals surface area contributed by atoms with Gasteiger partial charge in [0, 0.05) is 15.7 Å². The van der Waals surface area contributed by atoms with E-state index in [1.165, 1.54) is 6.07 Å². The van der Waals surface area contributed by atoms with Gasteiger partial charge in [-0.15, -0.1) is 0 Å². The van der Waals surface area contributed by atoms with Gasteiger partial charge in [-0.05, 0) is 58.7 Å². The molecule has 0 fully saturated rings. The Morgan fingerprint density at radius 2 is 2.05 bits per heavy atom. The molecule has 0 aromatic heterocycles. The normalized spacial score (nSPS) is 10.3. The van der Waals surface area contributed by atoms with Crippen molar-refractivity contribution < 1.29 is 4.39 Å². The fourth-order valence-electron chi connectivity index (χ4n) is 1.78. The molecule has 0 aliphatic carbocycles. The lowest BCUT2D eigenvalue weighted by atomic mass is 10.1. The summed E-state index contributed by atoms with van der Waals surface area (Å²) < 4.78 is 14.4. The molecular weight excluding hydrogens is 327 g/mol. The van der Waals surface area contributed by atoms with Crippen molar-refractivity contribution in [3.05, 3.63) is 57.8 Å². The molecule has 19 heavy (non-hydrogen) atoms. The second-order valence-electron chi connectivity index (χ2n) is 4.12. The number of anilines is 2. The summed E-state index contributed by atoms with van der Waals surface area (Å²) in [5.41, 5.74) is 8.57. The van der Waals surface area contributed by atoms with Gasteiger partial charge in [0.25, 0.3) is 0 Å². The van der Waals surface area contributed by atoms with Gasteiger partial charge in [0.05, 0.1) is 5.69 Å². The zero-order valence-corrected chi connectivity index (χ0v) is 12.6. The number of aryl methyl sites for hydroxylation is 1. The molecule has 0 saturated heterocycles. The SMILES string of the molecule is Cc1cc(Nc2c(F)cccc2Br)ccc1C(N)=S. The maximum Gasteiger partial charge on any atom is 0.147 e. The summed E-state index contributed by atoms with van der Waals surface area (Å²) in [7, 11) is 0. The van der Waals surface area contributed by atoms with Crippen molar-refractivity contribution in [3.63, 3.8) is 0 Å². The number of para-hydroxylation sites is 1. The molecule has 2 aromatic carbocycles. The maximum atomic E-state index is 13.7. The molecule has 0 radical (unpaired) electrons. The molecule has 0 aliphatic rings. The molecule has 0 heterocycles. The Bertz CT molecular complexity index is 623. The van der Waals surface area contributed by atoms with E-state index < -0.39 is 0 Å². The van der Waals surface area contributed by atoms with Crippen LogP contribution in [0.3, 0.4) is 0 Å². The molecule has 0 aliphatic heterocycles. The fourth-order valence-corrected chi connectivity index (χ4v) is 2.45. The number of rotatable bonds is 3. The minimum absolute atomic E-state index is 0.314. The van der Waals surface area contributed by atoms with Crippen LogP contribution in [0.25, 0.3) is 0 Å². The van der Waals surface area contributed by atoms with Gasteiger partial charge in [-0.3, -0.25) is 0 Å². The van der Waals surface area contributed by atoms with Crippen molar-refractivity contribution in [3.8, 4) is 0 Å². The van der Waals surface area contributed by atoms with Crippen LogP contribution in [0.5, 0.6) is 0 Å². The molecule has 5 heteroatoms. The minimum Gasteiger partial charge on any atom is -0.389 e. The standard InChI is InChI=1S/C14H12BrFN2S/c1-8-7-9(5-6-10(8)14(17)19)18-13-11(15)3-2-4-12(13)16/h2-7,18H,1H3,(H2,17,19). The third-order valence-electron chi connectivity index (χ3n) is 2.72. The highest BCUT2D eigenvalue weighted by molar-refractivity contribution is 9.10. The maximum absolute atomic E-state index is 13.7. The Morgan fingerprint density at radius 3 is 2.63 bits per heavy atom. The lowest BCUT2D eigenvalue weighted by Crippen LogP contribution is -2.11. The molecule has 0 bridgehead atoms. The van der Waals surface area contributed by atoms with Crippen LogP contribution >= 0.6 is 28.1 Å². The first-order valence-corrected chi connectivity index (χ1v) is 6.80. The fraction of sp³-hybridized carbons (Fsp3) is 0.0714. The summed E-state index contributed by atoms with van der Waals surface area (Å²) >= 11 is 8.27. The molecule has 2 aromatic rings. The van der Waals surface area contributed by atoms with Gasteiger partial charge in [-0.1, -0.05) is 18.3 Å². The van der Waals surface area contributed by atoms with Gasteiger partial charge < -0.3 is 11.1 Å². The summed E-state index contributed by atoms with van der Waals surface area (Å²) in [5, 5.41) is 3.04. The van der Waals surface area contributed by atoms with Gasteiger partial charge in [-0.2, -0.15) is 0 Å². The molecular formula is C14H12BrFN2S. The third kappa shape index (κ3) is 3.11. The molecule has 2 rings (SSSR count). The molecule has 3 N–H and O–H groups in total. The number of nitrogens with one attached hydrogen (secondary N) is 1. The summed E-state index contributed by atoms with van der Waals surface area (Å²) in [6.07, 6.45) is 0. The van der Waals surface area contributed by atoms with Crippen molar-refractivity contribution >= 4 is 44.5 Å². The minimum atomic E-state index is -0.314. The van der Waals surface area contributed by atoms with E-state index in [1.54, 1.807) is 12.1 Å². The van der Waals surface area contributed by atoms with Gasteiger partial charge >= 0.3 is 0 Å². The Hall–Kier alpha value is -1.46. The topological polar surface area (TPSA) is 38.0 Å². The first kappa shape index (κ1) is 14.0. The van der Waals surface area contributed by atoms with E-state index in [4.69, 9.17) is 18.0 Å². The van der Waals surface area contributed by atoms with Crippen LogP contribution in [-0.4, -0.2) is 4.99 Å². The molecule has 0 spiro atoms. The predicted octanol–water partition coefficient (Wildman–Crippen LogP) is 4.27. The first-order chi connectivity index (χ1) is 8.99. The van der Waals surface area contributed by atoms with E-state index in [9.17, 15) is 4.39 Å². The van der Waals surface area contributed by atoms with E-state index >= 15 is 0 Å². The highest BCUT2D eigenvalue weighted by Gasteiger charge is 2.08. The Morgan fingerprint density at radius 1 is 1.32 bits per heavy atom. The van der Waals surface area contributed by atoms with Crippen molar-refractivity contribution in [1.82, 2.24) is 0 Å². The van der Waals surface area contributed by atoms with Gasteiger partial charge in [-0.25, -0.2) is 4.39 Å². The lowest BCUT2D eigenvalue weighted by molar-refractivity contribution is 0.631. The van der Waals surface area contributed by atoms with Crippen LogP contribution in [0.2, 0.25) is 0 Å². The highest BCUT2D eigenvalue weighted by atomic mass is 79.9. The summed E-state index contributed by atoms with van der Waals surface area (Å²) in [6.45, 7) is 1.91. The lowest BCUT2D eigenvalue weighted by Gasteiger charge is -2.12. The molecule has 98 valence electrons. The molecule has 0 saturated carbocycles. The first-order valence-electron chi connectivity index (χ1n) is 5.60. The van der Waals surface area contributed by atoms with E-state index in [1.807, 2.05) is 25.1 Å². The van der Waals surface area contributed by atoms with Crippen LogP contribution in [0.4, 0.5) is 15.8 Å². The summed E-state index contributed by atoms with van der Waals surface area (Å²) in [4.78, 5) is 0.358. The molecule has 2 nitrogen and oxygen atoms in total. The van der Waals surface area contributed by atoms with Crippen LogP contribution in [-0.2, 0) is 0 Å². The molecule has 0 unspecified atom stereocenters. The number of nitrogens with two attached hydrogens (primary N) is 1. The Kier molecular flexibility index (Phi) is 4.17. The van der Waals surface area contributed by atoms with Crippen molar-refractivity contribution in [2.24, 2.45) is 5.73 Å². The second-order valence-corrected chi connectivity index (χ2v) is 5.41.